The Morgan fingerprint density at radius 2 is 1.87 bits per heavy atom. The van der Waals surface area contributed by atoms with Gasteiger partial charge in [0, 0.05) is 0 Å². The van der Waals surface area contributed by atoms with Crippen molar-refractivity contribution < 1.29 is 4.79 Å². The van der Waals surface area contributed by atoms with Crippen LogP contribution < -0.4 is 11.2 Å². The lowest BCUT2D eigenvalue weighted by Gasteiger charge is -2.05. The summed E-state index contributed by atoms with van der Waals surface area (Å²) in [5.74, 6) is 0. The van der Waals surface area contributed by atoms with E-state index in [4.69, 9.17) is 5.73 Å². The Kier molecular flexibility index (Phi) is 3.44. The van der Waals surface area contributed by atoms with Crippen molar-refractivity contribution in [3.63, 3.8) is 0 Å². The quantitative estimate of drug-likeness (QED) is 0.559. The molecule has 0 unspecified atom stereocenters. The molecule has 0 aliphatic rings. The van der Waals surface area contributed by atoms with Crippen LogP contribution in [0.15, 0.2) is 17.2 Å². The molecule has 0 aliphatic heterocycles. The zero-order valence-corrected chi connectivity index (χ0v) is 9.16. The summed E-state index contributed by atoms with van der Waals surface area (Å²) in [5.41, 5.74) is 11.6. The number of rotatable bonds is 2. The molecule has 0 radical (unpaired) electrons. The number of amides is 2. The molecule has 0 spiro atoms. The number of hydrogen-bond donors (Lipinski definition) is 2. The van der Waals surface area contributed by atoms with E-state index in [-0.39, 0.29) is 0 Å². The standard InChI is InChI=1S/C11H15N3O/c1-7-4-9(3)10(5-8(7)2)6-13-14-11(12)15/h4-6H,1-3H3,(H3,12,14,15)/b13-6-. The molecule has 1 aromatic carbocycles. The van der Waals surface area contributed by atoms with Gasteiger partial charge in [0.1, 0.15) is 0 Å². The number of hydrazone groups is 1. The number of aryl methyl sites for hydroxylation is 3. The number of nitrogens with zero attached hydrogens (tertiary/aromatic N) is 1. The van der Waals surface area contributed by atoms with Crippen LogP contribution in [0, 0.1) is 20.8 Å². The van der Waals surface area contributed by atoms with E-state index in [0.29, 0.717) is 0 Å². The van der Waals surface area contributed by atoms with Crippen LogP contribution >= 0.6 is 0 Å². The minimum Gasteiger partial charge on any atom is -0.350 e. The summed E-state index contributed by atoms with van der Waals surface area (Å²) in [6.45, 7) is 6.09. The molecule has 0 saturated heterocycles. The molecule has 0 heterocycles. The van der Waals surface area contributed by atoms with Gasteiger partial charge in [0.2, 0.25) is 0 Å². The van der Waals surface area contributed by atoms with E-state index in [9.17, 15) is 4.79 Å². The molecule has 0 aromatic heterocycles. The molecule has 4 nitrogen and oxygen atoms in total. The fourth-order valence-electron chi connectivity index (χ4n) is 1.29. The SMILES string of the molecule is Cc1cc(C)c(/C=N\NC(N)=O)cc1C. The molecule has 4 heteroatoms. The second-order valence-electron chi connectivity index (χ2n) is 3.53. The van der Waals surface area contributed by atoms with Gasteiger partial charge in [0.25, 0.3) is 0 Å². The van der Waals surface area contributed by atoms with Crippen molar-refractivity contribution in [1.29, 1.82) is 0 Å². The van der Waals surface area contributed by atoms with Crippen LogP contribution in [0.3, 0.4) is 0 Å². The Morgan fingerprint density at radius 3 is 2.47 bits per heavy atom. The summed E-state index contributed by atoms with van der Waals surface area (Å²) < 4.78 is 0. The normalized spacial score (nSPS) is 10.6. The van der Waals surface area contributed by atoms with Gasteiger partial charge in [-0.25, -0.2) is 10.2 Å². The van der Waals surface area contributed by atoms with Crippen LogP contribution in [-0.4, -0.2) is 12.2 Å². The highest BCUT2D eigenvalue weighted by atomic mass is 16.2. The van der Waals surface area contributed by atoms with Crippen molar-refractivity contribution in [2.45, 2.75) is 20.8 Å². The summed E-state index contributed by atoms with van der Waals surface area (Å²) in [4.78, 5) is 10.4. The number of primary amides is 1. The highest BCUT2D eigenvalue weighted by Gasteiger charge is 1.99. The third-order valence-electron chi connectivity index (χ3n) is 2.26. The first-order valence-electron chi connectivity index (χ1n) is 4.67. The van der Waals surface area contributed by atoms with Crippen LogP contribution in [0.2, 0.25) is 0 Å². The fourth-order valence-corrected chi connectivity index (χ4v) is 1.29. The highest BCUT2D eigenvalue weighted by molar-refractivity contribution is 5.83. The lowest BCUT2D eigenvalue weighted by Crippen LogP contribution is -2.24. The van der Waals surface area contributed by atoms with E-state index < -0.39 is 6.03 Å². The van der Waals surface area contributed by atoms with Gasteiger partial charge in [-0.2, -0.15) is 5.10 Å². The topological polar surface area (TPSA) is 67.5 Å². The molecule has 0 fully saturated rings. The van der Waals surface area contributed by atoms with Crippen molar-refractivity contribution in [3.8, 4) is 0 Å². The average molecular weight is 205 g/mol. The monoisotopic (exact) mass is 205 g/mol. The largest absolute Gasteiger partial charge is 0.350 e. The summed E-state index contributed by atoms with van der Waals surface area (Å²) in [5, 5.41) is 3.72. The highest BCUT2D eigenvalue weighted by Crippen LogP contribution is 2.13. The van der Waals surface area contributed by atoms with Gasteiger partial charge in [-0.15, -0.1) is 0 Å². The smallest absolute Gasteiger partial charge is 0.332 e. The van der Waals surface area contributed by atoms with E-state index in [0.717, 1.165) is 11.1 Å². The van der Waals surface area contributed by atoms with Crippen LogP contribution in [0.4, 0.5) is 4.79 Å². The molecule has 0 bridgehead atoms. The Morgan fingerprint density at radius 1 is 1.27 bits per heavy atom. The Bertz CT molecular complexity index is 411. The number of urea groups is 1. The Labute approximate surface area is 89.2 Å². The molecule has 80 valence electrons. The van der Waals surface area contributed by atoms with Crippen LogP contribution in [0.25, 0.3) is 0 Å². The second kappa shape index (κ2) is 4.59. The molecule has 1 aromatic rings. The number of hydrogen-bond acceptors (Lipinski definition) is 2. The number of carbonyl (C=O) groups excluding carboxylic acids is 1. The predicted octanol–water partition coefficient (Wildman–Crippen LogP) is 1.61. The predicted molar refractivity (Wildman–Crippen MR) is 61.0 cm³/mol. The number of benzene rings is 1. The van der Waals surface area contributed by atoms with Crippen LogP contribution in [0.5, 0.6) is 0 Å². The third kappa shape index (κ3) is 3.09. The Hall–Kier alpha value is -1.84. The molecule has 0 saturated carbocycles. The van der Waals surface area contributed by atoms with Gasteiger partial charge in [0.15, 0.2) is 0 Å². The van der Waals surface area contributed by atoms with E-state index >= 15 is 0 Å². The van der Waals surface area contributed by atoms with Crippen molar-refractivity contribution in [2.75, 3.05) is 0 Å². The van der Waals surface area contributed by atoms with Crippen LogP contribution in [-0.2, 0) is 0 Å². The molecular weight excluding hydrogens is 190 g/mol. The first-order valence-corrected chi connectivity index (χ1v) is 4.67. The van der Waals surface area contributed by atoms with Crippen LogP contribution in [0.1, 0.15) is 22.3 Å². The van der Waals surface area contributed by atoms with Gasteiger partial charge in [-0.05, 0) is 49.1 Å². The number of carbonyl (C=O) groups is 1. The van der Waals surface area contributed by atoms with E-state index in [1.807, 2.05) is 19.9 Å². The number of nitrogens with two attached hydrogens (primary N) is 1. The third-order valence-corrected chi connectivity index (χ3v) is 2.26. The summed E-state index contributed by atoms with van der Waals surface area (Å²) in [6.07, 6.45) is 1.59. The summed E-state index contributed by atoms with van der Waals surface area (Å²) in [7, 11) is 0. The second-order valence-corrected chi connectivity index (χ2v) is 3.53. The average Bonchev–Trinajstić information content (AvgIpc) is 2.13. The minimum atomic E-state index is -0.660. The maximum atomic E-state index is 10.4. The van der Waals surface area contributed by atoms with Crippen molar-refractivity contribution in [2.24, 2.45) is 10.8 Å². The first-order chi connectivity index (χ1) is 7.00. The lowest BCUT2D eigenvalue weighted by molar-refractivity contribution is 0.249. The first kappa shape index (κ1) is 11.2. The van der Waals surface area contributed by atoms with Gasteiger partial charge in [-0.1, -0.05) is 6.07 Å². The molecule has 2 amide bonds. The summed E-state index contributed by atoms with van der Waals surface area (Å²) in [6, 6.07) is 3.45. The molecule has 1 rings (SSSR count). The maximum absolute atomic E-state index is 10.4. The van der Waals surface area contributed by atoms with Crippen molar-refractivity contribution in [3.05, 3.63) is 34.4 Å². The maximum Gasteiger partial charge on any atom is 0.332 e. The van der Waals surface area contributed by atoms with Gasteiger partial charge < -0.3 is 5.73 Å². The van der Waals surface area contributed by atoms with E-state index in [1.54, 1.807) is 6.21 Å². The fraction of sp³-hybridized carbons (Fsp3) is 0.273. The van der Waals surface area contributed by atoms with Crippen molar-refractivity contribution >= 4 is 12.2 Å². The molecule has 0 atom stereocenters. The molecule has 0 aliphatic carbocycles. The van der Waals surface area contributed by atoms with Gasteiger partial charge in [-0.3, -0.25) is 0 Å². The lowest BCUT2D eigenvalue weighted by atomic mass is 10.0. The van der Waals surface area contributed by atoms with Crippen molar-refractivity contribution in [1.82, 2.24) is 5.43 Å². The van der Waals surface area contributed by atoms with Gasteiger partial charge >= 0.3 is 6.03 Å². The zero-order chi connectivity index (χ0) is 11.4. The Balaban J connectivity index is 2.90. The zero-order valence-electron chi connectivity index (χ0n) is 9.16. The van der Waals surface area contributed by atoms with E-state index in [1.165, 1.54) is 11.1 Å². The van der Waals surface area contributed by atoms with Gasteiger partial charge in [0.05, 0.1) is 6.21 Å². The number of nitrogens with one attached hydrogen (secondary N) is 1. The summed E-state index contributed by atoms with van der Waals surface area (Å²) >= 11 is 0. The molecular formula is C11H15N3O. The minimum absolute atomic E-state index is 0.660. The molecule has 3 N–H and O–H groups in total. The molecule has 15 heavy (non-hydrogen) atoms. The van der Waals surface area contributed by atoms with E-state index in [2.05, 4.69) is 23.5 Å².